The third-order valence-corrected chi connectivity index (χ3v) is 5.71. The number of piperazine rings is 1. The van der Waals surface area contributed by atoms with Crippen LogP contribution in [-0.4, -0.2) is 66.7 Å². The van der Waals surface area contributed by atoms with Crippen molar-refractivity contribution in [2.45, 2.75) is 26.8 Å². The van der Waals surface area contributed by atoms with E-state index in [4.69, 9.17) is 9.97 Å². The maximum absolute atomic E-state index is 11.6. The standard InChI is InChI=1S/C17H21BrN8O/c1-3-12-15(18)14-16(21-12)22-13(8-26-10-19-9-20-26)23-17(14)25-6-4-24(5-7-25)11(2)27/h9-10H,3-8H2,1-2H3,(H,21,22,23). The van der Waals surface area contributed by atoms with Crippen LogP contribution in [0.25, 0.3) is 11.0 Å². The first-order valence-corrected chi connectivity index (χ1v) is 9.76. The van der Waals surface area contributed by atoms with Crippen LogP contribution >= 0.6 is 15.9 Å². The highest BCUT2D eigenvalue weighted by molar-refractivity contribution is 9.10. The molecular weight excluding hydrogens is 412 g/mol. The molecule has 0 radical (unpaired) electrons. The number of aromatic amines is 1. The molecule has 1 amide bonds. The second-order valence-corrected chi connectivity index (χ2v) is 7.34. The number of nitrogens with one attached hydrogen (secondary N) is 1. The van der Waals surface area contributed by atoms with E-state index in [0.717, 1.165) is 46.5 Å². The van der Waals surface area contributed by atoms with E-state index in [1.165, 1.54) is 6.33 Å². The Morgan fingerprint density at radius 3 is 2.67 bits per heavy atom. The molecule has 10 heteroatoms. The maximum Gasteiger partial charge on any atom is 0.219 e. The van der Waals surface area contributed by atoms with E-state index in [-0.39, 0.29) is 5.91 Å². The molecule has 1 N–H and O–H groups in total. The summed E-state index contributed by atoms with van der Waals surface area (Å²) in [6.45, 7) is 7.05. The summed E-state index contributed by atoms with van der Waals surface area (Å²) in [5.41, 5.74) is 1.91. The predicted octanol–water partition coefficient (Wildman–Crippen LogP) is 1.59. The lowest BCUT2D eigenvalue weighted by Crippen LogP contribution is -2.48. The Morgan fingerprint density at radius 1 is 1.26 bits per heavy atom. The minimum absolute atomic E-state index is 0.116. The highest BCUT2D eigenvalue weighted by Crippen LogP contribution is 2.34. The van der Waals surface area contributed by atoms with Crippen molar-refractivity contribution in [2.24, 2.45) is 0 Å². The molecule has 4 heterocycles. The van der Waals surface area contributed by atoms with E-state index in [9.17, 15) is 4.79 Å². The van der Waals surface area contributed by atoms with Crippen LogP contribution in [0, 0.1) is 0 Å². The molecule has 142 valence electrons. The SMILES string of the molecule is CCc1[nH]c2nc(Cn3cncn3)nc(N3CCN(C(C)=O)CC3)c2c1Br. The lowest BCUT2D eigenvalue weighted by Gasteiger charge is -2.35. The second-order valence-electron chi connectivity index (χ2n) is 6.54. The van der Waals surface area contributed by atoms with E-state index in [2.05, 4.69) is 42.8 Å². The maximum atomic E-state index is 11.6. The zero-order chi connectivity index (χ0) is 19.0. The Morgan fingerprint density at radius 2 is 2.04 bits per heavy atom. The van der Waals surface area contributed by atoms with Crippen LogP contribution in [0.5, 0.6) is 0 Å². The Labute approximate surface area is 164 Å². The van der Waals surface area contributed by atoms with Gasteiger partial charge in [0.05, 0.1) is 9.86 Å². The molecule has 4 rings (SSSR count). The van der Waals surface area contributed by atoms with Gasteiger partial charge < -0.3 is 14.8 Å². The smallest absolute Gasteiger partial charge is 0.219 e. The average molecular weight is 433 g/mol. The Bertz CT molecular complexity index is 959. The quantitative estimate of drug-likeness (QED) is 0.672. The highest BCUT2D eigenvalue weighted by atomic mass is 79.9. The van der Waals surface area contributed by atoms with E-state index >= 15 is 0 Å². The molecule has 0 aromatic carbocycles. The molecular formula is C17H21BrN8O. The Kier molecular flexibility index (Phi) is 4.81. The van der Waals surface area contributed by atoms with Gasteiger partial charge in [0.25, 0.3) is 0 Å². The number of fused-ring (bicyclic) bond motifs is 1. The van der Waals surface area contributed by atoms with Crippen LogP contribution < -0.4 is 4.90 Å². The van der Waals surface area contributed by atoms with Gasteiger partial charge in [-0.05, 0) is 22.4 Å². The number of nitrogens with zero attached hydrogens (tertiary/aromatic N) is 7. The van der Waals surface area contributed by atoms with Gasteiger partial charge in [0.1, 0.15) is 30.7 Å². The first kappa shape index (κ1) is 17.9. The first-order valence-electron chi connectivity index (χ1n) is 8.96. The van der Waals surface area contributed by atoms with Gasteiger partial charge in [-0.1, -0.05) is 6.92 Å². The minimum Gasteiger partial charge on any atom is -0.352 e. The van der Waals surface area contributed by atoms with Gasteiger partial charge in [-0.3, -0.25) is 4.79 Å². The summed E-state index contributed by atoms with van der Waals surface area (Å²) >= 11 is 3.72. The summed E-state index contributed by atoms with van der Waals surface area (Å²) in [7, 11) is 0. The largest absolute Gasteiger partial charge is 0.352 e. The van der Waals surface area contributed by atoms with E-state index in [1.54, 1.807) is 17.9 Å². The van der Waals surface area contributed by atoms with Gasteiger partial charge in [0.15, 0.2) is 5.82 Å². The lowest BCUT2D eigenvalue weighted by molar-refractivity contribution is -0.129. The number of anilines is 1. The fraction of sp³-hybridized carbons (Fsp3) is 0.471. The summed E-state index contributed by atoms with van der Waals surface area (Å²) in [5.74, 6) is 1.68. The zero-order valence-corrected chi connectivity index (χ0v) is 16.9. The monoisotopic (exact) mass is 432 g/mol. The van der Waals surface area contributed by atoms with Crippen LogP contribution in [0.4, 0.5) is 5.82 Å². The number of hydrogen-bond donors (Lipinski definition) is 1. The van der Waals surface area contributed by atoms with Gasteiger partial charge in [-0.15, -0.1) is 0 Å². The number of hydrogen-bond acceptors (Lipinski definition) is 6. The molecule has 1 aliphatic heterocycles. The molecule has 0 aliphatic carbocycles. The fourth-order valence-corrected chi connectivity index (χ4v) is 4.12. The molecule has 27 heavy (non-hydrogen) atoms. The number of carbonyl (C=O) groups excluding carboxylic acids is 1. The van der Waals surface area contributed by atoms with E-state index < -0.39 is 0 Å². The molecule has 0 bridgehead atoms. The Hall–Kier alpha value is -2.49. The third kappa shape index (κ3) is 3.41. The topological polar surface area (TPSA) is 95.8 Å². The third-order valence-electron chi connectivity index (χ3n) is 4.84. The van der Waals surface area contributed by atoms with Gasteiger partial charge in [0.2, 0.25) is 5.91 Å². The number of rotatable bonds is 4. The first-order chi connectivity index (χ1) is 13.1. The van der Waals surface area contributed by atoms with Crippen LogP contribution in [-0.2, 0) is 17.8 Å². The molecule has 1 fully saturated rings. The van der Waals surface area contributed by atoms with Crippen molar-refractivity contribution >= 4 is 38.7 Å². The number of H-pyrrole nitrogens is 1. The highest BCUT2D eigenvalue weighted by Gasteiger charge is 2.24. The molecule has 3 aromatic heterocycles. The van der Waals surface area contributed by atoms with Crippen molar-refractivity contribution in [3.05, 3.63) is 28.6 Å². The molecule has 0 atom stereocenters. The van der Waals surface area contributed by atoms with Crippen molar-refractivity contribution in [1.82, 2.24) is 34.6 Å². The van der Waals surface area contributed by atoms with Crippen LogP contribution in [0.2, 0.25) is 0 Å². The van der Waals surface area contributed by atoms with Crippen molar-refractivity contribution in [2.75, 3.05) is 31.1 Å². The van der Waals surface area contributed by atoms with E-state index in [1.807, 2.05) is 4.90 Å². The molecule has 3 aromatic rings. The number of carbonyl (C=O) groups is 1. The van der Waals surface area contributed by atoms with Crippen molar-refractivity contribution < 1.29 is 4.79 Å². The van der Waals surface area contributed by atoms with Crippen molar-refractivity contribution in [1.29, 1.82) is 0 Å². The van der Waals surface area contributed by atoms with Crippen LogP contribution in [0.1, 0.15) is 25.4 Å². The number of halogens is 1. The summed E-state index contributed by atoms with van der Waals surface area (Å²) in [5, 5.41) is 5.14. The van der Waals surface area contributed by atoms with Gasteiger partial charge in [0, 0.05) is 38.8 Å². The molecule has 0 spiro atoms. The van der Waals surface area contributed by atoms with Crippen molar-refractivity contribution in [3.8, 4) is 0 Å². The molecule has 0 saturated carbocycles. The van der Waals surface area contributed by atoms with Crippen molar-refractivity contribution in [3.63, 3.8) is 0 Å². The minimum atomic E-state index is 0.116. The number of aromatic nitrogens is 6. The molecule has 9 nitrogen and oxygen atoms in total. The lowest BCUT2D eigenvalue weighted by atomic mass is 10.2. The molecule has 1 aliphatic rings. The van der Waals surface area contributed by atoms with Crippen LogP contribution in [0.15, 0.2) is 17.1 Å². The normalized spacial score (nSPS) is 14.9. The van der Waals surface area contributed by atoms with Gasteiger partial charge in [-0.2, -0.15) is 5.10 Å². The summed E-state index contributed by atoms with van der Waals surface area (Å²) < 4.78 is 2.72. The summed E-state index contributed by atoms with van der Waals surface area (Å²) in [6.07, 6.45) is 4.02. The number of aryl methyl sites for hydroxylation is 1. The van der Waals surface area contributed by atoms with Gasteiger partial charge in [-0.25, -0.2) is 19.6 Å². The fourth-order valence-electron chi connectivity index (χ4n) is 3.37. The summed E-state index contributed by atoms with van der Waals surface area (Å²) in [4.78, 5) is 32.7. The average Bonchev–Trinajstić information content (AvgIpc) is 3.29. The summed E-state index contributed by atoms with van der Waals surface area (Å²) in [6, 6.07) is 0. The number of amides is 1. The zero-order valence-electron chi connectivity index (χ0n) is 15.3. The molecule has 0 unspecified atom stereocenters. The predicted molar refractivity (Wildman–Crippen MR) is 105 cm³/mol. The van der Waals surface area contributed by atoms with Crippen LogP contribution in [0.3, 0.4) is 0 Å². The van der Waals surface area contributed by atoms with E-state index in [0.29, 0.717) is 25.5 Å². The Balaban J connectivity index is 1.74. The second kappa shape index (κ2) is 7.26. The molecule has 1 saturated heterocycles. The van der Waals surface area contributed by atoms with Gasteiger partial charge >= 0.3 is 0 Å².